The molecule has 5 heteroatoms. The largest absolute Gasteiger partial charge is 0.508 e. The van der Waals surface area contributed by atoms with E-state index in [0.29, 0.717) is 11.7 Å². The van der Waals surface area contributed by atoms with Crippen molar-refractivity contribution in [3.05, 3.63) is 29.8 Å². The number of ether oxygens (including phenoxy) is 1. The van der Waals surface area contributed by atoms with Crippen LogP contribution >= 0.6 is 0 Å². The Hall–Kier alpha value is -1.59. The third-order valence-corrected chi connectivity index (χ3v) is 6.71. The summed E-state index contributed by atoms with van der Waals surface area (Å²) in [5.41, 5.74) is 0.918. The zero-order valence-electron chi connectivity index (χ0n) is 16.4. The van der Waals surface area contributed by atoms with Crippen molar-refractivity contribution in [2.75, 3.05) is 39.3 Å². The number of hydrogen-bond acceptors (Lipinski definition) is 4. The molecule has 27 heavy (non-hydrogen) atoms. The summed E-state index contributed by atoms with van der Waals surface area (Å²) in [4.78, 5) is 17.2. The van der Waals surface area contributed by atoms with Gasteiger partial charge in [-0.1, -0.05) is 6.92 Å². The lowest BCUT2D eigenvalue weighted by atomic mass is 9.76. The normalized spacial score (nSPS) is 28.6. The Morgan fingerprint density at radius 3 is 2.67 bits per heavy atom. The first-order valence-electron chi connectivity index (χ1n) is 10.5. The number of benzene rings is 1. The molecule has 0 saturated carbocycles. The van der Waals surface area contributed by atoms with Crippen molar-refractivity contribution in [3.63, 3.8) is 0 Å². The molecule has 148 valence electrons. The highest BCUT2D eigenvalue weighted by Gasteiger charge is 2.43. The zero-order chi connectivity index (χ0) is 18.9. The molecule has 0 aromatic heterocycles. The van der Waals surface area contributed by atoms with Gasteiger partial charge in [-0.3, -0.25) is 4.79 Å². The van der Waals surface area contributed by atoms with Crippen molar-refractivity contribution in [3.8, 4) is 5.75 Å². The van der Waals surface area contributed by atoms with Crippen molar-refractivity contribution in [1.29, 1.82) is 0 Å². The minimum atomic E-state index is 0.0719. The number of phenols is 1. The van der Waals surface area contributed by atoms with Crippen LogP contribution in [0.1, 0.15) is 49.4 Å². The average molecular weight is 373 g/mol. The van der Waals surface area contributed by atoms with Crippen molar-refractivity contribution in [1.82, 2.24) is 9.80 Å². The van der Waals surface area contributed by atoms with Crippen molar-refractivity contribution in [2.24, 2.45) is 11.3 Å². The molecule has 5 nitrogen and oxygen atoms in total. The summed E-state index contributed by atoms with van der Waals surface area (Å²) in [6.07, 6.45) is 6.23. The molecule has 2 unspecified atom stereocenters. The predicted octanol–water partition coefficient (Wildman–Crippen LogP) is 3.14. The van der Waals surface area contributed by atoms with E-state index < -0.39 is 0 Å². The summed E-state index contributed by atoms with van der Waals surface area (Å²) in [5.74, 6) is 1.08. The average Bonchev–Trinajstić information content (AvgIpc) is 3.04. The predicted molar refractivity (Wildman–Crippen MR) is 105 cm³/mol. The van der Waals surface area contributed by atoms with Gasteiger partial charge < -0.3 is 19.6 Å². The number of likely N-dealkylation sites (tertiary alicyclic amines) is 2. The van der Waals surface area contributed by atoms with Gasteiger partial charge in [-0.25, -0.2) is 0 Å². The SMILES string of the molecule is CC1CCCN(CC2CC3(CCN(C(=O)c4ccc(O)cc4)CC3)CO2)C1. The molecule has 0 radical (unpaired) electrons. The molecule has 3 fully saturated rings. The molecule has 2 atom stereocenters. The molecule has 0 bridgehead atoms. The van der Waals surface area contributed by atoms with Gasteiger partial charge in [0, 0.05) is 31.7 Å². The third kappa shape index (κ3) is 4.30. The number of aromatic hydroxyl groups is 1. The van der Waals surface area contributed by atoms with Crippen LogP contribution in [0.25, 0.3) is 0 Å². The third-order valence-electron chi connectivity index (χ3n) is 6.71. The highest BCUT2D eigenvalue weighted by molar-refractivity contribution is 5.94. The Morgan fingerprint density at radius 2 is 1.96 bits per heavy atom. The number of nitrogens with zero attached hydrogens (tertiary/aromatic N) is 2. The van der Waals surface area contributed by atoms with Crippen LogP contribution < -0.4 is 0 Å². The van der Waals surface area contributed by atoms with Crippen LogP contribution in [0.15, 0.2) is 24.3 Å². The molecule has 3 saturated heterocycles. The lowest BCUT2D eigenvalue weighted by Crippen LogP contribution is -2.44. The summed E-state index contributed by atoms with van der Waals surface area (Å²) < 4.78 is 6.20. The number of carbonyl (C=O) groups excluding carboxylic acids is 1. The molecule has 4 rings (SSSR count). The number of amides is 1. The van der Waals surface area contributed by atoms with Crippen molar-refractivity contribution >= 4 is 5.91 Å². The van der Waals surface area contributed by atoms with E-state index in [9.17, 15) is 9.90 Å². The maximum Gasteiger partial charge on any atom is 0.253 e. The molecule has 1 N–H and O–H groups in total. The molecule has 1 amide bonds. The van der Waals surface area contributed by atoms with E-state index in [2.05, 4.69) is 11.8 Å². The van der Waals surface area contributed by atoms with E-state index in [4.69, 9.17) is 4.74 Å². The van der Waals surface area contributed by atoms with Crippen LogP contribution in [0.3, 0.4) is 0 Å². The van der Waals surface area contributed by atoms with Crippen LogP contribution in [0.4, 0.5) is 0 Å². The summed E-state index contributed by atoms with van der Waals surface area (Å²) >= 11 is 0. The first kappa shape index (κ1) is 18.8. The molecule has 1 aromatic rings. The van der Waals surface area contributed by atoms with Crippen molar-refractivity contribution in [2.45, 2.75) is 45.1 Å². The lowest BCUT2D eigenvalue weighted by Gasteiger charge is -2.38. The molecule has 0 aliphatic carbocycles. The molecule has 3 heterocycles. The minimum Gasteiger partial charge on any atom is -0.508 e. The molecule has 3 aliphatic rings. The first-order valence-corrected chi connectivity index (χ1v) is 10.5. The number of hydrogen-bond donors (Lipinski definition) is 1. The van der Waals surface area contributed by atoms with Crippen LogP contribution in [0.2, 0.25) is 0 Å². The second-order valence-corrected chi connectivity index (χ2v) is 8.98. The number of phenolic OH excluding ortho intramolecular Hbond substituents is 1. The monoisotopic (exact) mass is 372 g/mol. The minimum absolute atomic E-state index is 0.0719. The highest BCUT2D eigenvalue weighted by Crippen LogP contribution is 2.42. The summed E-state index contributed by atoms with van der Waals surface area (Å²) in [5, 5.41) is 9.40. The quantitative estimate of drug-likeness (QED) is 0.886. The Kier molecular flexibility index (Phi) is 5.42. The Bertz CT molecular complexity index is 652. The number of carbonyl (C=O) groups is 1. The van der Waals surface area contributed by atoms with Crippen LogP contribution in [-0.2, 0) is 4.74 Å². The molecule has 3 aliphatic heterocycles. The van der Waals surface area contributed by atoms with Gasteiger partial charge in [0.1, 0.15) is 5.75 Å². The van der Waals surface area contributed by atoms with Crippen LogP contribution in [-0.4, -0.2) is 66.2 Å². The molecule has 1 aromatic carbocycles. The standard InChI is InChI=1S/C22H32N2O3/c1-17-3-2-10-23(14-17)15-20-13-22(16-27-20)8-11-24(12-9-22)21(26)18-4-6-19(25)7-5-18/h4-7,17,20,25H,2-3,8-16H2,1H3. The maximum atomic E-state index is 12.7. The molecular weight excluding hydrogens is 340 g/mol. The topological polar surface area (TPSA) is 53.0 Å². The fourth-order valence-electron chi connectivity index (χ4n) is 5.07. The van der Waals surface area contributed by atoms with E-state index in [1.54, 1.807) is 24.3 Å². The number of piperidine rings is 2. The van der Waals surface area contributed by atoms with E-state index >= 15 is 0 Å². The lowest BCUT2D eigenvalue weighted by molar-refractivity contribution is 0.0402. The fourth-order valence-corrected chi connectivity index (χ4v) is 5.07. The fraction of sp³-hybridized carbons (Fsp3) is 0.682. The van der Waals surface area contributed by atoms with E-state index in [1.807, 2.05) is 4.90 Å². The van der Waals surface area contributed by atoms with Gasteiger partial charge in [0.2, 0.25) is 0 Å². The first-order chi connectivity index (χ1) is 13.0. The Balaban J connectivity index is 1.28. The molecular formula is C22H32N2O3. The van der Waals surface area contributed by atoms with E-state index in [1.165, 1.54) is 25.9 Å². The van der Waals surface area contributed by atoms with Gasteiger partial charge in [-0.05, 0) is 74.2 Å². The smallest absolute Gasteiger partial charge is 0.253 e. The van der Waals surface area contributed by atoms with Crippen LogP contribution in [0.5, 0.6) is 5.75 Å². The maximum absolute atomic E-state index is 12.7. The van der Waals surface area contributed by atoms with E-state index in [0.717, 1.165) is 51.4 Å². The zero-order valence-corrected chi connectivity index (χ0v) is 16.4. The van der Waals surface area contributed by atoms with Crippen LogP contribution in [0, 0.1) is 11.3 Å². The Morgan fingerprint density at radius 1 is 1.22 bits per heavy atom. The summed E-state index contributed by atoms with van der Waals surface area (Å²) in [6.45, 7) is 8.30. The van der Waals surface area contributed by atoms with Gasteiger partial charge in [0.15, 0.2) is 0 Å². The van der Waals surface area contributed by atoms with Gasteiger partial charge in [-0.2, -0.15) is 0 Å². The van der Waals surface area contributed by atoms with Gasteiger partial charge in [0.25, 0.3) is 5.91 Å². The second-order valence-electron chi connectivity index (χ2n) is 8.98. The summed E-state index contributed by atoms with van der Waals surface area (Å²) in [6, 6.07) is 6.57. The highest BCUT2D eigenvalue weighted by atomic mass is 16.5. The number of rotatable bonds is 3. The van der Waals surface area contributed by atoms with Gasteiger partial charge in [0.05, 0.1) is 12.7 Å². The van der Waals surface area contributed by atoms with E-state index in [-0.39, 0.29) is 17.1 Å². The second kappa shape index (κ2) is 7.80. The van der Waals surface area contributed by atoms with Gasteiger partial charge in [-0.15, -0.1) is 0 Å². The van der Waals surface area contributed by atoms with Gasteiger partial charge >= 0.3 is 0 Å². The Labute approximate surface area is 162 Å². The summed E-state index contributed by atoms with van der Waals surface area (Å²) in [7, 11) is 0. The molecule has 1 spiro atoms. The van der Waals surface area contributed by atoms with Crippen molar-refractivity contribution < 1.29 is 14.6 Å².